The molecule has 0 saturated carbocycles. The molecule has 1 atom stereocenters. The summed E-state index contributed by atoms with van der Waals surface area (Å²) in [5.74, 6) is -0.00407. The van der Waals surface area contributed by atoms with Crippen LogP contribution in [0.3, 0.4) is 0 Å². The number of anilines is 1. The molecule has 1 amide bonds. The zero-order chi connectivity index (χ0) is 14.3. The van der Waals surface area contributed by atoms with Crippen LogP contribution in [0.5, 0.6) is 5.75 Å². The van der Waals surface area contributed by atoms with Crippen LogP contribution in [-0.4, -0.2) is 26.5 Å². The molecular weight excluding hydrogens is 264 g/mol. The second-order valence-corrected chi connectivity index (χ2v) is 4.31. The van der Waals surface area contributed by atoms with Crippen molar-refractivity contribution in [1.82, 2.24) is 9.55 Å². The van der Waals surface area contributed by atoms with Crippen LogP contribution in [0, 0.1) is 10.1 Å². The first-order chi connectivity index (χ1) is 9.56. The number of nitro groups is 1. The van der Waals surface area contributed by atoms with Crippen molar-refractivity contribution in [3.8, 4) is 11.4 Å². The van der Waals surface area contributed by atoms with E-state index in [4.69, 9.17) is 4.74 Å². The van der Waals surface area contributed by atoms with E-state index in [1.807, 2.05) is 0 Å². The Kier molecular flexibility index (Phi) is 2.63. The van der Waals surface area contributed by atoms with Crippen molar-refractivity contribution in [2.45, 2.75) is 13.0 Å². The minimum absolute atomic E-state index is 0.120. The Morgan fingerprint density at radius 1 is 1.50 bits per heavy atom. The molecule has 1 aliphatic heterocycles. The lowest BCUT2D eigenvalue weighted by atomic mass is 10.1. The number of nitrogens with zero attached hydrogens (tertiary/aromatic N) is 3. The molecule has 102 valence electrons. The van der Waals surface area contributed by atoms with E-state index >= 15 is 0 Å². The van der Waals surface area contributed by atoms with E-state index in [0.717, 1.165) is 0 Å². The van der Waals surface area contributed by atoms with Crippen molar-refractivity contribution in [1.29, 1.82) is 0 Å². The standard InChI is InChI=1S/C12H10N4O4/c1-7-12(17)14-8-4-9(15-3-2-13-6-15)10(16(18)19)5-11(8)20-7/h2-7H,1H3,(H,14,17). The van der Waals surface area contributed by atoms with E-state index in [9.17, 15) is 14.9 Å². The molecule has 2 aromatic rings. The first-order valence-electron chi connectivity index (χ1n) is 5.84. The lowest BCUT2D eigenvalue weighted by molar-refractivity contribution is -0.384. The third kappa shape index (κ3) is 1.87. The molecule has 1 unspecified atom stereocenters. The number of aromatic nitrogens is 2. The number of fused-ring (bicyclic) bond motifs is 1. The molecule has 1 aromatic heterocycles. The van der Waals surface area contributed by atoms with Crippen LogP contribution in [0.4, 0.5) is 11.4 Å². The van der Waals surface area contributed by atoms with Crippen molar-refractivity contribution in [3.05, 3.63) is 41.0 Å². The summed E-state index contributed by atoms with van der Waals surface area (Å²) in [5, 5.41) is 13.8. The molecule has 0 saturated heterocycles. The summed E-state index contributed by atoms with van der Waals surface area (Å²) in [6, 6.07) is 2.81. The van der Waals surface area contributed by atoms with Gasteiger partial charge in [-0.2, -0.15) is 0 Å². The molecule has 8 heteroatoms. The maximum atomic E-state index is 11.6. The van der Waals surface area contributed by atoms with Gasteiger partial charge in [0.2, 0.25) is 0 Å². The normalized spacial score (nSPS) is 17.1. The second kappa shape index (κ2) is 4.34. The summed E-state index contributed by atoms with van der Waals surface area (Å²) >= 11 is 0. The molecule has 0 fully saturated rings. The number of imidazole rings is 1. The summed E-state index contributed by atoms with van der Waals surface area (Å²) in [6.45, 7) is 1.58. The Hall–Kier alpha value is -2.90. The second-order valence-electron chi connectivity index (χ2n) is 4.31. The van der Waals surface area contributed by atoms with Crippen molar-refractivity contribution >= 4 is 17.3 Å². The smallest absolute Gasteiger partial charge is 0.297 e. The molecule has 1 aromatic carbocycles. The minimum atomic E-state index is -0.679. The summed E-state index contributed by atoms with van der Waals surface area (Å²) in [5.41, 5.74) is 0.595. The molecule has 0 spiro atoms. The Morgan fingerprint density at radius 2 is 2.30 bits per heavy atom. The number of rotatable bonds is 2. The summed E-state index contributed by atoms with van der Waals surface area (Å²) in [4.78, 5) is 26.1. The van der Waals surface area contributed by atoms with E-state index in [0.29, 0.717) is 11.4 Å². The highest BCUT2D eigenvalue weighted by molar-refractivity contribution is 5.98. The van der Waals surface area contributed by atoms with E-state index < -0.39 is 11.0 Å². The van der Waals surface area contributed by atoms with Gasteiger partial charge in [-0.1, -0.05) is 0 Å². The number of nitrogens with one attached hydrogen (secondary N) is 1. The Balaban J connectivity index is 2.18. The Morgan fingerprint density at radius 3 is 2.95 bits per heavy atom. The van der Waals surface area contributed by atoms with Gasteiger partial charge in [0.25, 0.3) is 11.6 Å². The van der Waals surface area contributed by atoms with Gasteiger partial charge in [0, 0.05) is 12.4 Å². The van der Waals surface area contributed by atoms with Gasteiger partial charge >= 0.3 is 0 Å². The van der Waals surface area contributed by atoms with Crippen LogP contribution < -0.4 is 10.1 Å². The number of hydrogen-bond acceptors (Lipinski definition) is 5. The zero-order valence-corrected chi connectivity index (χ0v) is 10.4. The van der Waals surface area contributed by atoms with Gasteiger partial charge in [0.05, 0.1) is 23.0 Å². The highest BCUT2D eigenvalue weighted by Gasteiger charge is 2.28. The maximum Gasteiger partial charge on any atom is 0.297 e. The van der Waals surface area contributed by atoms with Crippen LogP contribution in [-0.2, 0) is 4.79 Å². The fraction of sp³-hybridized carbons (Fsp3) is 0.167. The van der Waals surface area contributed by atoms with Gasteiger partial charge in [0.15, 0.2) is 11.9 Å². The number of amides is 1. The SMILES string of the molecule is CC1Oc2cc([N+](=O)[O-])c(-n3ccnc3)cc2NC1=O. The van der Waals surface area contributed by atoms with Gasteiger partial charge in [-0.05, 0) is 13.0 Å². The topological polar surface area (TPSA) is 99.3 Å². The number of benzene rings is 1. The number of carbonyl (C=O) groups excluding carboxylic acids is 1. The first kappa shape index (κ1) is 12.2. The summed E-state index contributed by atoms with van der Waals surface area (Å²) < 4.78 is 6.87. The van der Waals surface area contributed by atoms with Crippen LogP contribution in [0.2, 0.25) is 0 Å². The van der Waals surface area contributed by atoms with Crippen LogP contribution in [0.25, 0.3) is 5.69 Å². The largest absolute Gasteiger partial charge is 0.478 e. The van der Waals surface area contributed by atoms with Gasteiger partial charge < -0.3 is 14.6 Å². The van der Waals surface area contributed by atoms with Gasteiger partial charge in [-0.15, -0.1) is 0 Å². The van der Waals surface area contributed by atoms with Gasteiger partial charge in [-0.3, -0.25) is 14.9 Å². The fourth-order valence-corrected chi connectivity index (χ4v) is 1.99. The summed E-state index contributed by atoms with van der Waals surface area (Å²) in [6.07, 6.45) is 3.87. The van der Waals surface area contributed by atoms with Crippen molar-refractivity contribution in [3.63, 3.8) is 0 Å². The number of nitro benzene ring substituents is 1. The summed E-state index contributed by atoms with van der Waals surface area (Å²) in [7, 11) is 0. The Bertz CT molecular complexity index is 696. The van der Waals surface area contributed by atoms with E-state index in [2.05, 4.69) is 10.3 Å². The molecule has 0 radical (unpaired) electrons. The third-order valence-corrected chi connectivity index (χ3v) is 2.99. The maximum absolute atomic E-state index is 11.6. The first-order valence-corrected chi connectivity index (χ1v) is 5.84. The molecule has 2 heterocycles. The molecule has 0 bridgehead atoms. The van der Waals surface area contributed by atoms with Gasteiger partial charge in [0.1, 0.15) is 5.69 Å². The molecule has 8 nitrogen and oxygen atoms in total. The Labute approximate surface area is 113 Å². The fourth-order valence-electron chi connectivity index (χ4n) is 1.99. The number of ether oxygens (including phenoxy) is 1. The third-order valence-electron chi connectivity index (χ3n) is 2.99. The van der Waals surface area contributed by atoms with E-state index in [-0.39, 0.29) is 17.3 Å². The molecule has 1 N–H and O–H groups in total. The highest BCUT2D eigenvalue weighted by Crippen LogP contribution is 2.37. The molecule has 0 aliphatic carbocycles. The van der Waals surface area contributed by atoms with Crippen LogP contribution in [0.15, 0.2) is 30.9 Å². The van der Waals surface area contributed by atoms with Crippen molar-refractivity contribution < 1.29 is 14.5 Å². The number of hydrogen-bond donors (Lipinski definition) is 1. The van der Waals surface area contributed by atoms with E-state index in [1.165, 1.54) is 29.2 Å². The van der Waals surface area contributed by atoms with Crippen molar-refractivity contribution in [2.24, 2.45) is 0 Å². The molecular formula is C12H10N4O4. The van der Waals surface area contributed by atoms with Gasteiger partial charge in [-0.25, -0.2) is 4.98 Å². The predicted octanol–water partition coefficient (Wildman–Crippen LogP) is 1.50. The molecule has 20 heavy (non-hydrogen) atoms. The number of carbonyl (C=O) groups is 1. The predicted molar refractivity (Wildman–Crippen MR) is 68.9 cm³/mol. The zero-order valence-electron chi connectivity index (χ0n) is 10.4. The average Bonchev–Trinajstić information content (AvgIpc) is 2.92. The molecule has 3 rings (SSSR count). The lowest BCUT2D eigenvalue weighted by Gasteiger charge is -2.23. The highest BCUT2D eigenvalue weighted by atomic mass is 16.6. The van der Waals surface area contributed by atoms with Crippen LogP contribution in [0.1, 0.15) is 6.92 Å². The lowest BCUT2D eigenvalue weighted by Crippen LogP contribution is -2.34. The average molecular weight is 274 g/mol. The van der Waals surface area contributed by atoms with E-state index in [1.54, 1.807) is 13.1 Å². The minimum Gasteiger partial charge on any atom is -0.478 e. The quantitative estimate of drug-likeness (QED) is 0.660. The monoisotopic (exact) mass is 274 g/mol. The van der Waals surface area contributed by atoms with Crippen molar-refractivity contribution in [2.75, 3.05) is 5.32 Å². The van der Waals surface area contributed by atoms with Crippen LogP contribution >= 0.6 is 0 Å². The molecule has 1 aliphatic rings.